The van der Waals surface area contributed by atoms with Crippen molar-refractivity contribution in [1.29, 1.82) is 0 Å². The van der Waals surface area contributed by atoms with Crippen molar-refractivity contribution in [3.05, 3.63) is 0 Å². The highest BCUT2D eigenvalue weighted by atomic mass is 16.2. The van der Waals surface area contributed by atoms with Crippen LogP contribution in [0.25, 0.3) is 0 Å². The molecule has 2 atom stereocenters. The third-order valence-electron chi connectivity index (χ3n) is 5.32. The number of likely N-dealkylation sites (tertiary alicyclic amines) is 2. The van der Waals surface area contributed by atoms with Gasteiger partial charge in [0.25, 0.3) is 0 Å². The Morgan fingerprint density at radius 3 is 2.05 bits per heavy atom. The molecule has 1 amide bonds. The van der Waals surface area contributed by atoms with Gasteiger partial charge in [0.15, 0.2) is 0 Å². The lowest BCUT2D eigenvalue weighted by Gasteiger charge is -2.37. The number of amides is 1. The van der Waals surface area contributed by atoms with Crippen LogP contribution in [0.15, 0.2) is 0 Å². The van der Waals surface area contributed by atoms with Gasteiger partial charge in [-0.05, 0) is 58.0 Å². The Kier molecular flexibility index (Phi) is 4.42. The van der Waals surface area contributed by atoms with E-state index in [9.17, 15) is 4.79 Å². The number of hydrogen-bond donors (Lipinski definition) is 0. The van der Waals surface area contributed by atoms with E-state index in [0.717, 1.165) is 19.5 Å². The van der Waals surface area contributed by atoms with Crippen molar-refractivity contribution in [2.45, 2.75) is 63.8 Å². The van der Waals surface area contributed by atoms with Gasteiger partial charge in [0.2, 0.25) is 5.91 Å². The molecular formula is C16H28N2O. The average molecular weight is 264 g/mol. The van der Waals surface area contributed by atoms with Crippen LogP contribution in [-0.4, -0.2) is 47.9 Å². The third-order valence-corrected chi connectivity index (χ3v) is 5.32. The van der Waals surface area contributed by atoms with Crippen molar-refractivity contribution in [2.24, 2.45) is 5.92 Å². The van der Waals surface area contributed by atoms with E-state index in [0.29, 0.717) is 17.9 Å². The summed E-state index contributed by atoms with van der Waals surface area (Å²) in [5.41, 5.74) is 0. The molecule has 2 saturated heterocycles. The van der Waals surface area contributed by atoms with Crippen LogP contribution in [0.4, 0.5) is 0 Å². The minimum absolute atomic E-state index is 0.316. The second-order valence-corrected chi connectivity index (χ2v) is 6.59. The zero-order valence-corrected chi connectivity index (χ0v) is 12.1. The molecule has 108 valence electrons. The maximum Gasteiger partial charge on any atom is 0.227 e. The van der Waals surface area contributed by atoms with E-state index in [2.05, 4.69) is 9.80 Å². The molecule has 3 fully saturated rings. The quantitative estimate of drug-likeness (QED) is 0.765. The third kappa shape index (κ3) is 2.96. The van der Waals surface area contributed by atoms with Gasteiger partial charge in [-0.1, -0.05) is 12.8 Å². The predicted molar refractivity (Wildman–Crippen MR) is 77.0 cm³/mol. The van der Waals surface area contributed by atoms with E-state index < -0.39 is 0 Å². The molecule has 0 radical (unpaired) electrons. The summed E-state index contributed by atoms with van der Waals surface area (Å²) in [6.07, 6.45) is 11.4. The molecule has 0 aromatic rings. The largest absolute Gasteiger partial charge is 0.342 e. The Balaban J connectivity index is 1.62. The van der Waals surface area contributed by atoms with Gasteiger partial charge in [-0.15, -0.1) is 0 Å². The molecule has 3 rings (SSSR count). The van der Waals surface area contributed by atoms with Gasteiger partial charge in [-0.25, -0.2) is 0 Å². The van der Waals surface area contributed by atoms with Crippen LogP contribution >= 0.6 is 0 Å². The van der Waals surface area contributed by atoms with Crippen LogP contribution in [0.2, 0.25) is 0 Å². The zero-order valence-electron chi connectivity index (χ0n) is 12.1. The fraction of sp³-hybridized carbons (Fsp3) is 0.938. The van der Waals surface area contributed by atoms with E-state index in [4.69, 9.17) is 0 Å². The molecule has 1 aliphatic carbocycles. The standard InChI is InChI=1S/C16H28N2O/c19-16(18-12-5-2-6-13-18)14-8-7-9-15(14)17-10-3-1-4-11-17/h14-15H,1-13H2/t14-,15-/m1/s1. The molecule has 3 heteroatoms. The lowest BCUT2D eigenvalue weighted by molar-refractivity contribution is -0.138. The van der Waals surface area contributed by atoms with Crippen molar-refractivity contribution in [2.75, 3.05) is 26.2 Å². The van der Waals surface area contributed by atoms with Crippen molar-refractivity contribution in [1.82, 2.24) is 9.80 Å². The zero-order chi connectivity index (χ0) is 13.1. The van der Waals surface area contributed by atoms with Crippen LogP contribution < -0.4 is 0 Å². The van der Waals surface area contributed by atoms with Crippen LogP contribution in [0.5, 0.6) is 0 Å². The number of carbonyl (C=O) groups is 1. The average Bonchev–Trinajstić information content (AvgIpc) is 2.98. The van der Waals surface area contributed by atoms with Crippen LogP contribution in [-0.2, 0) is 4.79 Å². The summed E-state index contributed by atoms with van der Waals surface area (Å²) in [5, 5.41) is 0. The molecule has 0 bridgehead atoms. The van der Waals surface area contributed by atoms with Crippen molar-refractivity contribution >= 4 is 5.91 Å². The highest BCUT2D eigenvalue weighted by molar-refractivity contribution is 5.80. The number of nitrogens with zero attached hydrogens (tertiary/aromatic N) is 2. The van der Waals surface area contributed by atoms with Gasteiger partial charge in [-0.3, -0.25) is 9.69 Å². The lowest BCUT2D eigenvalue weighted by Crippen LogP contribution is -2.48. The van der Waals surface area contributed by atoms with Crippen molar-refractivity contribution in [3.8, 4) is 0 Å². The number of rotatable bonds is 2. The number of hydrogen-bond acceptors (Lipinski definition) is 2. The van der Waals surface area contributed by atoms with E-state index in [1.807, 2.05) is 0 Å². The molecule has 2 aliphatic heterocycles. The number of carbonyl (C=O) groups excluding carboxylic acids is 1. The normalized spacial score (nSPS) is 33.6. The summed E-state index contributed by atoms with van der Waals surface area (Å²) in [5.74, 6) is 0.795. The van der Waals surface area contributed by atoms with Gasteiger partial charge >= 0.3 is 0 Å². The lowest BCUT2D eigenvalue weighted by atomic mass is 9.96. The predicted octanol–water partition coefficient (Wildman–Crippen LogP) is 2.65. The van der Waals surface area contributed by atoms with Crippen molar-refractivity contribution < 1.29 is 4.79 Å². The summed E-state index contributed by atoms with van der Waals surface area (Å²) in [6, 6.07) is 0.565. The van der Waals surface area contributed by atoms with Gasteiger partial charge < -0.3 is 4.90 Å². The Bertz CT molecular complexity index is 306. The van der Waals surface area contributed by atoms with E-state index in [-0.39, 0.29) is 0 Å². The minimum atomic E-state index is 0.316. The maximum absolute atomic E-state index is 12.8. The monoisotopic (exact) mass is 264 g/mol. The van der Waals surface area contributed by atoms with Gasteiger partial charge in [0, 0.05) is 19.1 Å². The minimum Gasteiger partial charge on any atom is -0.342 e. The second kappa shape index (κ2) is 6.25. The Hall–Kier alpha value is -0.570. The Morgan fingerprint density at radius 2 is 1.37 bits per heavy atom. The maximum atomic E-state index is 12.8. The van der Waals surface area contributed by atoms with Gasteiger partial charge in [0.1, 0.15) is 0 Å². The number of piperidine rings is 2. The molecule has 0 aromatic carbocycles. The fourth-order valence-corrected chi connectivity index (χ4v) is 4.26. The first-order valence-electron chi connectivity index (χ1n) is 8.39. The molecule has 0 unspecified atom stereocenters. The van der Waals surface area contributed by atoms with Crippen LogP contribution in [0, 0.1) is 5.92 Å². The van der Waals surface area contributed by atoms with Gasteiger partial charge in [0.05, 0.1) is 5.92 Å². The van der Waals surface area contributed by atoms with Crippen LogP contribution in [0.3, 0.4) is 0 Å². The molecular weight excluding hydrogens is 236 g/mol. The summed E-state index contributed by atoms with van der Waals surface area (Å²) >= 11 is 0. The smallest absolute Gasteiger partial charge is 0.227 e. The molecule has 2 heterocycles. The molecule has 0 spiro atoms. The summed E-state index contributed by atoms with van der Waals surface area (Å²) in [4.78, 5) is 17.5. The molecule has 3 aliphatic rings. The second-order valence-electron chi connectivity index (χ2n) is 6.59. The summed E-state index contributed by atoms with van der Waals surface area (Å²) in [6.45, 7) is 4.49. The van der Waals surface area contributed by atoms with Crippen LogP contribution in [0.1, 0.15) is 57.8 Å². The van der Waals surface area contributed by atoms with Gasteiger partial charge in [-0.2, -0.15) is 0 Å². The highest BCUT2D eigenvalue weighted by Crippen LogP contribution is 2.33. The topological polar surface area (TPSA) is 23.6 Å². The Labute approximate surface area is 117 Å². The SMILES string of the molecule is O=C([C@@H]1CCC[C@H]1N1CCCCC1)N1CCCCC1. The molecule has 0 N–H and O–H groups in total. The molecule has 3 nitrogen and oxygen atoms in total. The molecule has 1 saturated carbocycles. The first-order valence-corrected chi connectivity index (χ1v) is 8.39. The van der Waals surface area contributed by atoms with E-state index in [1.54, 1.807) is 0 Å². The molecule has 19 heavy (non-hydrogen) atoms. The first-order chi connectivity index (χ1) is 9.36. The first kappa shape index (κ1) is 13.4. The Morgan fingerprint density at radius 1 is 0.737 bits per heavy atom. The fourth-order valence-electron chi connectivity index (χ4n) is 4.26. The van der Waals surface area contributed by atoms with E-state index in [1.165, 1.54) is 64.5 Å². The highest BCUT2D eigenvalue weighted by Gasteiger charge is 2.39. The van der Waals surface area contributed by atoms with E-state index >= 15 is 0 Å². The van der Waals surface area contributed by atoms with Crippen molar-refractivity contribution in [3.63, 3.8) is 0 Å². The summed E-state index contributed by atoms with van der Waals surface area (Å²) < 4.78 is 0. The summed E-state index contributed by atoms with van der Waals surface area (Å²) in [7, 11) is 0. The molecule has 0 aromatic heterocycles.